The number of benzene rings is 1. The summed E-state index contributed by atoms with van der Waals surface area (Å²) in [5.74, 6) is 0.776. The van der Waals surface area contributed by atoms with Crippen molar-refractivity contribution in [2.75, 3.05) is 13.2 Å². The van der Waals surface area contributed by atoms with E-state index in [1.807, 2.05) is 27.7 Å². The molecule has 2 atom stereocenters. The van der Waals surface area contributed by atoms with Crippen molar-refractivity contribution in [2.24, 2.45) is 5.92 Å². The Balaban J connectivity index is 2.02. The number of carbonyl (C=O) groups is 2. The van der Waals surface area contributed by atoms with E-state index < -0.39 is 23.7 Å². The normalized spacial score (nSPS) is 22.4. The van der Waals surface area contributed by atoms with Gasteiger partial charge in [0, 0.05) is 18.6 Å². The lowest BCUT2D eigenvalue weighted by Crippen LogP contribution is -2.55. The highest BCUT2D eigenvalue weighted by Gasteiger charge is 2.50. The first-order valence-corrected chi connectivity index (χ1v) is 9.66. The van der Waals surface area contributed by atoms with Crippen molar-refractivity contribution in [3.05, 3.63) is 41.2 Å². The molecule has 154 valence electrons. The predicted octanol–water partition coefficient (Wildman–Crippen LogP) is 3.10. The molecule has 7 nitrogen and oxygen atoms in total. The Hall–Kier alpha value is -3.01. The number of amides is 1. The number of hydrogen-bond donors (Lipinski definition) is 0. The van der Waals surface area contributed by atoms with Crippen LogP contribution >= 0.6 is 0 Å². The van der Waals surface area contributed by atoms with Crippen LogP contribution in [0.3, 0.4) is 0 Å². The molecule has 1 aromatic rings. The predicted molar refractivity (Wildman–Crippen MR) is 105 cm³/mol. The van der Waals surface area contributed by atoms with Crippen molar-refractivity contribution in [3.8, 4) is 11.8 Å². The fourth-order valence-corrected chi connectivity index (χ4v) is 3.65. The monoisotopic (exact) mass is 398 g/mol. The van der Waals surface area contributed by atoms with Crippen LogP contribution in [0.15, 0.2) is 30.0 Å². The molecule has 2 aliphatic rings. The second kappa shape index (κ2) is 7.78. The molecular formula is C22H26N2O5. The third-order valence-electron chi connectivity index (χ3n) is 4.93. The van der Waals surface area contributed by atoms with Gasteiger partial charge in [0.1, 0.15) is 23.2 Å². The molecule has 2 heterocycles. The number of rotatable bonds is 5. The number of fused-ring (bicyclic) bond motifs is 1. The molecular weight excluding hydrogens is 372 g/mol. The Morgan fingerprint density at radius 2 is 2.14 bits per heavy atom. The van der Waals surface area contributed by atoms with E-state index in [1.165, 1.54) is 13.0 Å². The van der Waals surface area contributed by atoms with Gasteiger partial charge in [0.15, 0.2) is 6.10 Å². The fraction of sp³-hybridized carbons (Fsp3) is 0.500. The zero-order chi connectivity index (χ0) is 21.3. The van der Waals surface area contributed by atoms with Crippen molar-refractivity contribution in [3.63, 3.8) is 0 Å². The second-order valence-corrected chi connectivity index (χ2v) is 8.33. The van der Waals surface area contributed by atoms with E-state index in [2.05, 4.69) is 6.07 Å². The molecule has 0 fully saturated rings. The summed E-state index contributed by atoms with van der Waals surface area (Å²) in [6.07, 6.45) is 0.729. The van der Waals surface area contributed by atoms with Crippen LogP contribution in [0.5, 0.6) is 5.75 Å². The molecule has 3 rings (SSSR count). The van der Waals surface area contributed by atoms with Gasteiger partial charge in [0.05, 0.1) is 24.8 Å². The average Bonchev–Trinajstić information content (AvgIpc) is 3.00. The van der Waals surface area contributed by atoms with Crippen LogP contribution in [0, 0.1) is 17.2 Å². The third-order valence-corrected chi connectivity index (χ3v) is 4.93. The van der Waals surface area contributed by atoms with Crippen molar-refractivity contribution in [1.82, 2.24) is 4.90 Å². The Labute approximate surface area is 170 Å². The summed E-state index contributed by atoms with van der Waals surface area (Å²) in [4.78, 5) is 26.3. The summed E-state index contributed by atoms with van der Waals surface area (Å²) in [6.45, 7) is 9.81. The molecule has 0 spiro atoms. The summed E-state index contributed by atoms with van der Waals surface area (Å²) in [5.41, 5.74) is 0.204. The topological polar surface area (TPSA) is 88.9 Å². The third kappa shape index (κ3) is 4.21. The molecule has 0 aromatic heterocycles. The van der Waals surface area contributed by atoms with Crippen molar-refractivity contribution < 1.29 is 23.8 Å². The minimum Gasteiger partial charge on any atom is -0.496 e. The summed E-state index contributed by atoms with van der Waals surface area (Å²) in [5, 5.41) is 9.33. The van der Waals surface area contributed by atoms with Gasteiger partial charge in [-0.3, -0.25) is 9.59 Å². The van der Waals surface area contributed by atoms with Gasteiger partial charge in [-0.2, -0.15) is 5.26 Å². The molecule has 0 N–H and O–H groups in total. The van der Waals surface area contributed by atoms with Gasteiger partial charge in [0.25, 0.3) is 5.91 Å². The number of nitriles is 1. The van der Waals surface area contributed by atoms with E-state index in [1.54, 1.807) is 23.1 Å². The molecule has 0 saturated carbocycles. The Morgan fingerprint density at radius 1 is 1.41 bits per heavy atom. The van der Waals surface area contributed by atoms with Crippen LogP contribution in [-0.4, -0.2) is 41.6 Å². The van der Waals surface area contributed by atoms with Gasteiger partial charge in [-0.15, -0.1) is 0 Å². The molecule has 29 heavy (non-hydrogen) atoms. The molecule has 7 heteroatoms. The Kier molecular flexibility index (Phi) is 5.56. The van der Waals surface area contributed by atoms with Gasteiger partial charge in [-0.25, -0.2) is 0 Å². The van der Waals surface area contributed by atoms with Gasteiger partial charge < -0.3 is 19.1 Å². The van der Waals surface area contributed by atoms with E-state index in [9.17, 15) is 14.9 Å². The van der Waals surface area contributed by atoms with Gasteiger partial charge >= 0.3 is 5.97 Å². The highest BCUT2D eigenvalue weighted by molar-refractivity contribution is 5.91. The smallest absolute Gasteiger partial charge is 0.303 e. The number of carbonyl (C=O) groups excluding carboxylic acids is 2. The molecule has 2 aliphatic heterocycles. The van der Waals surface area contributed by atoms with Crippen LogP contribution in [-0.2, 0) is 19.1 Å². The van der Waals surface area contributed by atoms with Crippen molar-refractivity contribution >= 4 is 11.9 Å². The minimum absolute atomic E-state index is 0.225. The second-order valence-electron chi connectivity index (χ2n) is 8.33. The maximum Gasteiger partial charge on any atom is 0.303 e. The maximum absolute atomic E-state index is 12.9. The number of ether oxygens (including phenoxy) is 3. The Bertz CT molecular complexity index is 897. The summed E-state index contributed by atoms with van der Waals surface area (Å²) >= 11 is 0. The zero-order valence-electron chi connectivity index (χ0n) is 17.4. The van der Waals surface area contributed by atoms with Crippen LogP contribution in [0.1, 0.15) is 51.8 Å². The standard InChI is InChI=1S/C22H26N2O5/c1-13(2)12-27-16-9-19(26)24(11-16)20-17-8-15(10-23)6-7-18(17)29-22(4,5)21(20)28-14(3)25/h6-9,13,20-21H,11-12H2,1-5H3/t20-,21+/m0/s1. The van der Waals surface area contributed by atoms with E-state index in [4.69, 9.17) is 14.2 Å². The van der Waals surface area contributed by atoms with E-state index in [0.717, 1.165) is 0 Å². The van der Waals surface area contributed by atoms with Crippen LogP contribution in [0.2, 0.25) is 0 Å². The van der Waals surface area contributed by atoms with E-state index >= 15 is 0 Å². The number of esters is 1. The summed E-state index contributed by atoms with van der Waals surface area (Å²) < 4.78 is 17.5. The first-order chi connectivity index (χ1) is 13.6. The van der Waals surface area contributed by atoms with Crippen LogP contribution in [0.25, 0.3) is 0 Å². The highest BCUT2D eigenvalue weighted by atomic mass is 16.6. The Morgan fingerprint density at radius 3 is 2.76 bits per heavy atom. The number of hydrogen-bond acceptors (Lipinski definition) is 6. The molecule has 0 saturated heterocycles. The lowest BCUT2D eigenvalue weighted by atomic mass is 9.84. The highest BCUT2D eigenvalue weighted by Crippen LogP contribution is 2.45. The van der Waals surface area contributed by atoms with Gasteiger partial charge in [-0.05, 0) is 38.0 Å². The molecule has 0 unspecified atom stereocenters. The SMILES string of the molecule is CC(=O)O[C@@H]1[C@@H](N2CC(OCC(C)C)=CC2=O)c2cc(C#N)ccc2OC1(C)C. The van der Waals surface area contributed by atoms with Gasteiger partial charge in [-0.1, -0.05) is 13.8 Å². The maximum atomic E-state index is 12.9. The van der Waals surface area contributed by atoms with Gasteiger partial charge in [0.2, 0.25) is 0 Å². The van der Waals surface area contributed by atoms with E-state index in [-0.39, 0.29) is 12.5 Å². The molecule has 1 aromatic carbocycles. The minimum atomic E-state index is -0.876. The largest absolute Gasteiger partial charge is 0.496 e. The van der Waals surface area contributed by atoms with Crippen LogP contribution in [0.4, 0.5) is 0 Å². The number of nitrogens with zero attached hydrogens (tertiary/aromatic N) is 2. The first-order valence-electron chi connectivity index (χ1n) is 9.66. The lowest BCUT2D eigenvalue weighted by Gasteiger charge is -2.46. The average molecular weight is 398 g/mol. The molecule has 0 aliphatic carbocycles. The fourth-order valence-electron chi connectivity index (χ4n) is 3.65. The quantitative estimate of drug-likeness (QED) is 0.708. The lowest BCUT2D eigenvalue weighted by molar-refractivity contribution is -0.171. The molecule has 0 bridgehead atoms. The molecule has 1 amide bonds. The summed E-state index contributed by atoms with van der Waals surface area (Å²) in [7, 11) is 0. The zero-order valence-corrected chi connectivity index (χ0v) is 17.4. The van der Waals surface area contributed by atoms with E-state index in [0.29, 0.717) is 35.2 Å². The summed E-state index contributed by atoms with van der Waals surface area (Å²) in [6, 6.07) is 6.58. The first kappa shape index (κ1) is 20.7. The van der Waals surface area contributed by atoms with Crippen molar-refractivity contribution in [1.29, 1.82) is 5.26 Å². The van der Waals surface area contributed by atoms with Crippen molar-refractivity contribution in [2.45, 2.75) is 52.4 Å². The molecule has 0 radical (unpaired) electrons. The van der Waals surface area contributed by atoms with Crippen LogP contribution < -0.4 is 4.74 Å².